The van der Waals surface area contributed by atoms with E-state index in [4.69, 9.17) is 0 Å². The zero-order valence-corrected chi connectivity index (χ0v) is 10.5. The van der Waals surface area contributed by atoms with Crippen LogP contribution in [0.15, 0.2) is 35.7 Å². The minimum absolute atomic E-state index is 0.189. The first-order valence-electron chi connectivity index (χ1n) is 5.27. The molecular formula is C11H12N4O2S. The van der Waals surface area contributed by atoms with Gasteiger partial charge >= 0.3 is 0 Å². The normalized spacial score (nSPS) is 10.3. The van der Waals surface area contributed by atoms with Crippen LogP contribution in [0.4, 0.5) is 0 Å². The molecule has 6 nitrogen and oxygen atoms in total. The molecule has 94 valence electrons. The van der Waals surface area contributed by atoms with Crippen LogP contribution in [0.1, 0.15) is 6.92 Å². The number of rotatable bonds is 3. The van der Waals surface area contributed by atoms with Gasteiger partial charge in [0.25, 0.3) is 0 Å². The fraction of sp³-hybridized carbons (Fsp3) is 0.182. The monoisotopic (exact) mass is 264 g/mol. The van der Waals surface area contributed by atoms with Crippen LogP contribution in [0.25, 0.3) is 5.52 Å². The molecule has 0 radical (unpaired) electrons. The van der Waals surface area contributed by atoms with Crippen molar-refractivity contribution < 1.29 is 9.59 Å². The highest BCUT2D eigenvalue weighted by atomic mass is 32.2. The summed E-state index contributed by atoms with van der Waals surface area (Å²) in [7, 11) is 0. The van der Waals surface area contributed by atoms with Gasteiger partial charge in [0.05, 0.1) is 17.5 Å². The van der Waals surface area contributed by atoms with Gasteiger partial charge < -0.3 is 0 Å². The molecule has 0 atom stereocenters. The third-order valence-corrected chi connectivity index (χ3v) is 3.08. The van der Waals surface area contributed by atoms with Crippen molar-refractivity contribution in [2.24, 2.45) is 0 Å². The lowest BCUT2D eigenvalue weighted by Crippen LogP contribution is -2.41. The molecule has 0 aromatic carbocycles. The zero-order valence-electron chi connectivity index (χ0n) is 9.71. The molecule has 2 rings (SSSR count). The standard InChI is InChI=1S/C11H12N4O2S/c1-8(16)13-14-10(17)7-18-11-12-6-9-4-2-3-5-15(9)11/h2-6H,7H2,1H3,(H,13,16)(H,14,17). The molecule has 0 spiro atoms. The van der Waals surface area contributed by atoms with Gasteiger partial charge in [0, 0.05) is 13.1 Å². The molecule has 0 bridgehead atoms. The Balaban J connectivity index is 1.94. The van der Waals surface area contributed by atoms with Gasteiger partial charge in [-0.2, -0.15) is 0 Å². The summed E-state index contributed by atoms with van der Waals surface area (Å²) in [6, 6.07) is 5.76. The van der Waals surface area contributed by atoms with Gasteiger partial charge in [0.1, 0.15) is 0 Å². The number of hydrogen-bond acceptors (Lipinski definition) is 4. The highest BCUT2D eigenvalue weighted by molar-refractivity contribution is 7.99. The fourth-order valence-electron chi connectivity index (χ4n) is 1.35. The third-order valence-electron chi connectivity index (χ3n) is 2.12. The molecular weight excluding hydrogens is 252 g/mol. The Morgan fingerprint density at radius 3 is 3.00 bits per heavy atom. The number of hydrogen-bond donors (Lipinski definition) is 2. The maximum atomic E-state index is 11.4. The first-order chi connectivity index (χ1) is 8.66. The van der Waals surface area contributed by atoms with Crippen LogP contribution >= 0.6 is 11.8 Å². The molecule has 2 amide bonds. The van der Waals surface area contributed by atoms with Gasteiger partial charge in [-0.25, -0.2) is 4.98 Å². The number of amides is 2. The number of carbonyl (C=O) groups is 2. The van der Waals surface area contributed by atoms with Crippen LogP contribution in [0.5, 0.6) is 0 Å². The first kappa shape index (κ1) is 12.4. The number of thioether (sulfide) groups is 1. The van der Waals surface area contributed by atoms with E-state index >= 15 is 0 Å². The van der Waals surface area contributed by atoms with Crippen molar-refractivity contribution in [2.75, 3.05) is 5.75 Å². The Morgan fingerprint density at radius 1 is 1.39 bits per heavy atom. The summed E-state index contributed by atoms with van der Waals surface area (Å²) in [5.74, 6) is -0.392. The number of hydrazine groups is 1. The van der Waals surface area contributed by atoms with E-state index in [2.05, 4.69) is 15.8 Å². The number of nitrogens with zero attached hydrogens (tertiary/aromatic N) is 2. The summed E-state index contributed by atoms with van der Waals surface area (Å²) >= 11 is 1.30. The van der Waals surface area contributed by atoms with Crippen LogP contribution in [0, 0.1) is 0 Å². The highest BCUT2D eigenvalue weighted by Crippen LogP contribution is 2.17. The van der Waals surface area contributed by atoms with Crippen LogP contribution in [0.3, 0.4) is 0 Å². The minimum Gasteiger partial charge on any atom is -0.295 e. The van der Waals surface area contributed by atoms with E-state index in [1.807, 2.05) is 28.8 Å². The van der Waals surface area contributed by atoms with Gasteiger partial charge in [0.15, 0.2) is 5.16 Å². The van der Waals surface area contributed by atoms with Crippen molar-refractivity contribution in [1.29, 1.82) is 0 Å². The molecule has 2 heterocycles. The Morgan fingerprint density at radius 2 is 2.22 bits per heavy atom. The molecule has 18 heavy (non-hydrogen) atoms. The average molecular weight is 264 g/mol. The second-order valence-corrected chi connectivity index (χ2v) is 4.50. The van der Waals surface area contributed by atoms with Crippen molar-refractivity contribution >= 4 is 29.1 Å². The summed E-state index contributed by atoms with van der Waals surface area (Å²) in [5.41, 5.74) is 5.50. The van der Waals surface area contributed by atoms with E-state index in [0.717, 1.165) is 10.7 Å². The molecule has 0 aliphatic carbocycles. The van der Waals surface area contributed by atoms with Crippen LogP contribution in [-0.2, 0) is 9.59 Å². The van der Waals surface area contributed by atoms with E-state index in [9.17, 15) is 9.59 Å². The van der Waals surface area contributed by atoms with Crippen molar-refractivity contribution in [3.63, 3.8) is 0 Å². The van der Waals surface area contributed by atoms with Crippen molar-refractivity contribution in [1.82, 2.24) is 20.2 Å². The van der Waals surface area contributed by atoms with E-state index in [0.29, 0.717) is 0 Å². The second kappa shape index (κ2) is 5.54. The van der Waals surface area contributed by atoms with Gasteiger partial charge in [-0.3, -0.25) is 24.8 Å². The van der Waals surface area contributed by atoms with E-state index in [-0.39, 0.29) is 17.6 Å². The lowest BCUT2D eigenvalue weighted by molar-refractivity contribution is -0.126. The highest BCUT2D eigenvalue weighted by Gasteiger charge is 2.07. The van der Waals surface area contributed by atoms with Crippen molar-refractivity contribution in [2.45, 2.75) is 12.1 Å². The molecule has 0 aliphatic rings. The van der Waals surface area contributed by atoms with Crippen molar-refractivity contribution in [3.05, 3.63) is 30.6 Å². The van der Waals surface area contributed by atoms with Gasteiger partial charge in [-0.1, -0.05) is 17.8 Å². The summed E-state index contributed by atoms with van der Waals surface area (Å²) < 4.78 is 1.90. The Labute approximate surface area is 108 Å². The Hall–Kier alpha value is -2.02. The molecule has 2 aromatic heterocycles. The fourth-order valence-corrected chi connectivity index (χ4v) is 2.11. The van der Waals surface area contributed by atoms with E-state index < -0.39 is 0 Å². The van der Waals surface area contributed by atoms with Crippen LogP contribution in [-0.4, -0.2) is 27.0 Å². The lowest BCUT2D eigenvalue weighted by atomic mass is 10.4. The zero-order chi connectivity index (χ0) is 13.0. The van der Waals surface area contributed by atoms with Gasteiger partial charge in [0.2, 0.25) is 11.8 Å². The Bertz CT molecular complexity index is 581. The third kappa shape index (κ3) is 3.01. The summed E-state index contributed by atoms with van der Waals surface area (Å²) in [6.45, 7) is 1.33. The minimum atomic E-state index is -0.306. The quantitative estimate of drug-likeness (QED) is 0.628. The van der Waals surface area contributed by atoms with Gasteiger partial charge in [-0.15, -0.1) is 0 Å². The SMILES string of the molecule is CC(=O)NNC(=O)CSc1ncc2ccccn12. The smallest absolute Gasteiger partial charge is 0.248 e. The first-order valence-corrected chi connectivity index (χ1v) is 6.25. The molecule has 0 fully saturated rings. The second-order valence-electron chi connectivity index (χ2n) is 3.55. The molecule has 0 saturated heterocycles. The molecule has 2 N–H and O–H groups in total. The topological polar surface area (TPSA) is 75.5 Å². The largest absolute Gasteiger partial charge is 0.295 e. The lowest BCUT2D eigenvalue weighted by Gasteiger charge is -2.04. The number of carbonyl (C=O) groups excluding carboxylic acids is 2. The van der Waals surface area contributed by atoms with E-state index in [1.165, 1.54) is 18.7 Å². The molecule has 0 unspecified atom stereocenters. The van der Waals surface area contributed by atoms with Gasteiger partial charge in [-0.05, 0) is 12.1 Å². The van der Waals surface area contributed by atoms with Crippen LogP contribution < -0.4 is 10.9 Å². The number of imidazole rings is 1. The summed E-state index contributed by atoms with van der Waals surface area (Å²) in [5, 5.41) is 0.739. The summed E-state index contributed by atoms with van der Waals surface area (Å²) in [4.78, 5) is 26.2. The molecule has 0 aliphatic heterocycles. The average Bonchev–Trinajstić information content (AvgIpc) is 2.77. The predicted molar refractivity (Wildman–Crippen MR) is 67.9 cm³/mol. The maximum absolute atomic E-state index is 11.4. The molecule has 7 heteroatoms. The number of nitrogens with one attached hydrogen (secondary N) is 2. The van der Waals surface area contributed by atoms with Crippen molar-refractivity contribution in [3.8, 4) is 0 Å². The number of fused-ring (bicyclic) bond motifs is 1. The number of aromatic nitrogens is 2. The summed E-state index contributed by atoms with van der Waals surface area (Å²) in [6.07, 6.45) is 3.63. The maximum Gasteiger partial charge on any atom is 0.248 e. The predicted octanol–water partition coefficient (Wildman–Crippen LogP) is 0.594. The van der Waals surface area contributed by atoms with E-state index in [1.54, 1.807) is 6.20 Å². The van der Waals surface area contributed by atoms with Crippen LogP contribution in [0.2, 0.25) is 0 Å². The Kier molecular flexibility index (Phi) is 3.83. The molecule has 0 saturated carbocycles. The number of pyridine rings is 1. The molecule has 2 aromatic rings.